The van der Waals surface area contributed by atoms with Crippen LogP contribution in [-0.4, -0.2) is 39.1 Å². The van der Waals surface area contributed by atoms with Crippen molar-refractivity contribution in [2.24, 2.45) is 5.92 Å². The van der Waals surface area contributed by atoms with E-state index in [0.717, 1.165) is 17.8 Å². The van der Waals surface area contributed by atoms with Crippen LogP contribution in [0.15, 0.2) is 39.6 Å². The molecule has 0 aromatic carbocycles. The number of hydrogen-bond donors (Lipinski definition) is 2. The average molecular weight is 373 g/mol. The molecule has 2 unspecified atom stereocenters. The van der Waals surface area contributed by atoms with Gasteiger partial charge in [0, 0.05) is 13.2 Å². The quantitative estimate of drug-likeness (QED) is 0.267. The fourth-order valence-electron chi connectivity index (χ4n) is 2.40. The minimum atomic E-state index is -0.638. The monoisotopic (exact) mass is 372 g/mol. The van der Waals surface area contributed by atoms with E-state index in [1.165, 1.54) is 0 Å². The number of rotatable bonds is 10. The first-order valence-electron chi connectivity index (χ1n) is 8.42. The van der Waals surface area contributed by atoms with Crippen molar-refractivity contribution in [1.82, 2.24) is 10.8 Å². The minimum Gasteiger partial charge on any atom is -0.405 e. The Hall–Kier alpha value is -1.14. The van der Waals surface area contributed by atoms with Crippen molar-refractivity contribution in [3.8, 4) is 0 Å². The summed E-state index contributed by atoms with van der Waals surface area (Å²) in [5.41, 5.74) is 7.28. The van der Waals surface area contributed by atoms with E-state index in [1.807, 2.05) is 6.92 Å². The van der Waals surface area contributed by atoms with Gasteiger partial charge in [0.15, 0.2) is 11.6 Å². The largest absolute Gasteiger partial charge is 0.405 e. The van der Waals surface area contributed by atoms with Gasteiger partial charge < -0.3 is 14.3 Å². The van der Waals surface area contributed by atoms with Crippen LogP contribution >= 0.6 is 11.6 Å². The van der Waals surface area contributed by atoms with Gasteiger partial charge in [0.2, 0.25) is 0 Å². The molecule has 140 valence electrons. The molecular formula is C18H26ClFN2O3. The first-order valence-corrected chi connectivity index (χ1v) is 8.80. The Morgan fingerprint density at radius 2 is 2.20 bits per heavy atom. The van der Waals surface area contributed by atoms with Gasteiger partial charge in [0.25, 0.3) is 0 Å². The Bertz CT molecular complexity index is 605. The molecule has 1 fully saturated rings. The smallest absolute Gasteiger partial charge is 0.194 e. The van der Waals surface area contributed by atoms with E-state index in [2.05, 4.69) is 30.4 Å². The summed E-state index contributed by atoms with van der Waals surface area (Å²) in [6.07, 6.45) is 2.48. The second-order valence-electron chi connectivity index (χ2n) is 6.44. The summed E-state index contributed by atoms with van der Waals surface area (Å²) in [7, 11) is 1.58. The third-order valence-corrected chi connectivity index (χ3v) is 4.32. The lowest BCUT2D eigenvalue weighted by molar-refractivity contribution is 0.0818. The van der Waals surface area contributed by atoms with E-state index in [1.54, 1.807) is 13.2 Å². The predicted molar refractivity (Wildman–Crippen MR) is 95.4 cm³/mol. The Kier molecular flexibility index (Phi) is 7.69. The fourth-order valence-corrected chi connectivity index (χ4v) is 2.64. The van der Waals surface area contributed by atoms with E-state index < -0.39 is 5.83 Å². The highest BCUT2D eigenvalue weighted by molar-refractivity contribution is 6.31. The van der Waals surface area contributed by atoms with Gasteiger partial charge in [0.1, 0.15) is 11.3 Å². The normalized spacial score (nSPS) is 21.6. The lowest BCUT2D eigenvalue weighted by Gasteiger charge is -2.23. The number of allylic oxidation sites excluding steroid dienone is 3. The maximum absolute atomic E-state index is 14.4. The predicted octanol–water partition coefficient (Wildman–Crippen LogP) is 3.30. The number of hydroxylamine groups is 1. The zero-order valence-electron chi connectivity index (χ0n) is 15.1. The van der Waals surface area contributed by atoms with Crippen molar-refractivity contribution in [1.29, 1.82) is 0 Å². The van der Waals surface area contributed by atoms with Crippen molar-refractivity contribution in [3.05, 3.63) is 39.6 Å². The van der Waals surface area contributed by atoms with E-state index in [4.69, 9.17) is 25.9 Å². The lowest BCUT2D eigenvalue weighted by atomic mass is 9.93. The molecule has 2 aliphatic rings. The Morgan fingerprint density at radius 1 is 1.48 bits per heavy atom. The number of nitrogens with one attached hydrogen (secondary N) is 2. The number of ether oxygens (including phenoxy) is 2. The van der Waals surface area contributed by atoms with Crippen LogP contribution in [-0.2, 0) is 14.3 Å². The van der Waals surface area contributed by atoms with E-state index in [0.29, 0.717) is 25.5 Å². The third-order valence-electron chi connectivity index (χ3n) is 4.06. The molecule has 2 rings (SSSR count). The molecule has 7 heteroatoms. The summed E-state index contributed by atoms with van der Waals surface area (Å²) in [4.78, 5) is 5.36. The maximum atomic E-state index is 14.4. The molecule has 2 atom stereocenters. The number of halogens is 2. The number of epoxide rings is 1. The Morgan fingerprint density at radius 3 is 2.80 bits per heavy atom. The molecule has 2 N–H and O–H groups in total. The summed E-state index contributed by atoms with van der Waals surface area (Å²) in [5, 5.41) is 3.36. The van der Waals surface area contributed by atoms with Crippen LogP contribution in [0.4, 0.5) is 4.39 Å². The van der Waals surface area contributed by atoms with Gasteiger partial charge in [-0.25, -0.2) is 4.39 Å². The van der Waals surface area contributed by atoms with Gasteiger partial charge in [-0.05, 0) is 36.5 Å². The summed E-state index contributed by atoms with van der Waals surface area (Å²) in [5.74, 6) is -0.204. The standard InChI is InChI=1S/C18H26ClFN2O3/c1-11(2)15(22-17-10-24-17)8-13-9-16(25-21-5-6-23-4)18(20)14(19)7-12(13)3/h9,11,15,17,21-22H,5-6,8,10H2,1-4H3. The first kappa shape index (κ1) is 20.2. The molecule has 0 spiro atoms. The number of methoxy groups -OCH3 is 1. The van der Waals surface area contributed by atoms with Gasteiger partial charge in [0.05, 0.1) is 19.8 Å². The van der Waals surface area contributed by atoms with E-state index in [-0.39, 0.29) is 23.1 Å². The summed E-state index contributed by atoms with van der Waals surface area (Å²) in [6.45, 7) is 7.76. The molecule has 1 aliphatic carbocycles. The highest BCUT2D eigenvalue weighted by Gasteiger charge is 2.28. The molecule has 25 heavy (non-hydrogen) atoms. The molecule has 0 amide bonds. The molecule has 1 saturated heterocycles. The maximum Gasteiger partial charge on any atom is 0.194 e. The van der Waals surface area contributed by atoms with Crippen molar-refractivity contribution in [2.45, 2.75) is 39.5 Å². The minimum absolute atomic E-state index is 0.0469. The third kappa shape index (κ3) is 6.26. The van der Waals surface area contributed by atoms with Gasteiger partial charge in [-0.15, -0.1) is 0 Å². The summed E-state index contributed by atoms with van der Waals surface area (Å²) >= 11 is 6.01. The van der Waals surface area contributed by atoms with Gasteiger partial charge >= 0.3 is 0 Å². The fraction of sp³-hybridized carbons (Fsp3) is 0.611. The highest BCUT2D eigenvalue weighted by Crippen LogP contribution is 2.30. The van der Waals surface area contributed by atoms with Crippen molar-refractivity contribution in [2.75, 3.05) is 26.9 Å². The van der Waals surface area contributed by atoms with Crippen molar-refractivity contribution < 1.29 is 18.7 Å². The van der Waals surface area contributed by atoms with Crippen LogP contribution in [0.1, 0.15) is 27.2 Å². The lowest BCUT2D eigenvalue weighted by Crippen LogP contribution is -2.36. The number of hydrogen-bond acceptors (Lipinski definition) is 5. The molecule has 0 bridgehead atoms. The molecule has 0 aromatic heterocycles. The molecule has 1 aliphatic heterocycles. The van der Waals surface area contributed by atoms with Crippen LogP contribution in [0.5, 0.6) is 0 Å². The van der Waals surface area contributed by atoms with Crippen LogP contribution < -0.4 is 10.8 Å². The molecule has 5 nitrogen and oxygen atoms in total. The zero-order chi connectivity index (χ0) is 18.4. The topological polar surface area (TPSA) is 55.0 Å². The van der Waals surface area contributed by atoms with Gasteiger partial charge in [-0.3, -0.25) is 5.32 Å². The molecule has 0 aromatic rings. The molecule has 1 heterocycles. The van der Waals surface area contributed by atoms with E-state index >= 15 is 0 Å². The van der Waals surface area contributed by atoms with Gasteiger partial charge in [-0.2, -0.15) is 5.48 Å². The van der Waals surface area contributed by atoms with Crippen LogP contribution in [0.3, 0.4) is 0 Å². The zero-order valence-corrected chi connectivity index (χ0v) is 15.9. The second kappa shape index (κ2) is 9.53. The highest BCUT2D eigenvalue weighted by atomic mass is 35.5. The summed E-state index contributed by atoms with van der Waals surface area (Å²) in [6, 6.07) is 0.193. The SMILES string of the molecule is COCCNOC1=C(F)C(Cl)=C=C(C)C(CC(NC2CO2)C(C)C)=C1. The van der Waals surface area contributed by atoms with Crippen molar-refractivity contribution in [3.63, 3.8) is 0 Å². The Balaban J connectivity index is 2.16. The summed E-state index contributed by atoms with van der Waals surface area (Å²) < 4.78 is 24.6. The van der Waals surface area contributed by atoms with E-state index in [9.17, 15) is 4.39 Å². The first-order chi connectivity index (χ1) is 11.9. The van der Waals surface area contributed by atoms with Crippen LogP contribution in [0.25, 0.3) is 0 Å². The van der Waals surface area contributed by atoms with Crippen molar-refractivity contribution >= 4 is 11.6 Å². The van der Waals surface area contributed by atoms with Crippen LogP contribution in [0.2, 0.25) is 0 Å². The second-order valence-corrected chi connectivity index (χ2v) is 6.82. The molecular weight excluding hydrogens is 347 g/mol. The van der Waals surface area contributed by atoms with Crippen LogP contribution in [0, 0.1) is 5.92 Å². The molecule has 0 saturated carbocycles. The molecule has 0 radical (unpaired) electrons. The van der Waals surface area contributed by atoms with Gasteiger partial charge in [-0.1, -0.05) is 31.2 Å². The average Bonchev–Trinajstić information content (AvgIpc) is 3.38. The Labute approximate surface area is 153 Å².